The molecule has 1 saturated heterocycles. The topological polar surface area (TPSA) is 53.6 Å². The van der Waals surface area contributed by atoms with Gasteiger partial charge in [0.15, 0.2) is 0 Å². The van der Waals surface area contributed by atoms with Crippen LogP contribution in [-0.4, -0.2) is 62.8 Å². The summed E-state index contributed by atoms with van der Waals surface area (Å²) in [5.74, 6) is 0.114. The van der Waals surface area contributed by atoms with E-state index < -0.39 is 0 Å². The first-order valence-corrected chi connectivity index (χ1v) is 7.36. The Morgan fingerprint density at radius 2 is 2.32 bits per heavy atom. The Morgan fingerprint density at radius 3 is 2.89 bits per heavy atom. The summed E-state index contributed by atoms with van der Waals surface area (Å²) in [6.07, 6.45) is 3.34. The van der Waals surface area contributed by atoms with Gasteiger partial charge in [0.05, 0.1) is 6.54 Å². The van der Waals surface area contributed by atoms with Crippen molar-refractivity contribution in [1.29, 1.82) is 0 Å². The Morgan fingerprint density at radius 1 is 1.53 bits per heavy atom. The molecule has 0 radical (unpaired) electrons. The fourth-order valence-electron chi connectivity index (χ4n) is 2.34. The van der Waals surface area contributed by atoms with Crippen LogP contribution in [0.3, 0.4) is 0 Å². The lowest BCUT2D eigenvalue weighted by molar-refractivity contribution is -0.122. The second kappa shape index (κ2) is 9.28. The molecule has 0 aromatic heterocycles. The molecule has 1 aliphatic rings. The SMILES string of the molecule is COCCCNC(=O)CN(CC1CCCN1)C(C)C. The minimum absolute atomic E-state index is 0.114. The molecule has 1 fully saturated rings. The number of hydrogen-bond acceptors (Lipinski definition) is 4. The van der Waals surface area contributed by atoms with Crippen molar-refractivity contribution in [2.45, 2.75) is 45.2 Å². The first-order valence-electron chi connectivity index (χ1n) is 7.36. The van der Waals surface area contributed by atoms with Crippen LogP contribution in [0.4, 0.5) is 0 Å². The molecule has 5 nitrogen and oxygen atoms in total. The number of carbonyl (C=O) groups is 1. The monoisotopic (exact) mass is 271 g/mol. The van der Waals surface area contributed by atoms with Gasteiger partial charge in [-0.15, -0.1) is 0 Å². The molecule has 1 amide bonds. The van der Waals surface area contributed by atoms with E-state index in [2.05, 4.69) is 29.4 Å². The highest BCUT2D eigenvalue weighted by atomic mass is 16.5. The van der Waals surface area contributed by atoms with E-state index in [4.69, 9.17) is 4.74 Å². The molecule has 1 heterocycles. The third-order valence-corrected chi connectivity index (χ3v) is 3.54. The van der Waals surface area contributed by atoms with E-state index in [-0.39, 0.29) is 5.91 Å². The van der Waals surface area contributed by atoms with Gasteiger partial charge in [0.25, 0.3) is 0 Å². The Hall–Kier alpha value is -0.650. The predicted octanol–water partition coefficient (Wildman–Crippen LogP) is 0.602. The Kier molecular flexibility index (Phi) is 8.02. The van der Waals surface area contributed by atoms with Crippen LogP contribution in [-0.2, 0) is 9.53 Å². The number of amides is 1. The standard InChI is InChI=1S/C14H29N3O2/c1-12(2)17(10-13-6-4-7-15-13)11-14(18)16-8-5-9-19-3/h12-13,15H,4-11H2,1-3H3,(H,16,18). The van der Waals surface area contributed by atoms with Gasteiger partial charge in [-0.1, -0.05) is 0 Å². The van der Waals surface area contributed by atoms with Gasteiger partial charge in [0.2, 0.25) is 5.91 Å². The molecule has 0 aromatic carbocycles. The molecule has 1 atom stereocenters. The van der Waals surface area contributed by atoms with Gasteiger partial charge in [-0.25, -0.2) is 0 Å². The van der Waals surface area contributed by atoms with Crippen molar-refractivity contribution in [2.24, 2.45) is 0 Å². The molecule has 1 unspecified atom stereocenters. The number of ether oxygens (including phenoxy) is 1. The largest absolute Gasteiger partial charge is 0.385 e. The second-order valence-electron chi connectivity index (χ2n) is 5.51. The molecular formula is C14H29N3O2. The van der Waals surface area contributed by atoms with Gasteiger partial charge in [0, 0.05) is 38.9 Å². The minimum Gasteiger partial charge on any atom is -0.385 e. The first-order chi connectivity index (χ1) is 9.13. The average Bonchev–Trinajstić information content (AvgIpc) is 2.86. The summed E-state index contributed by atoms with van der Waals surface area (Å²) >= 11 is 0. The molecule has 112 valence electrons. The van der Waals surface area contributed by atoms with E-state index >= 15 is 0 Å². The quantitative estimate of drug-likeness (QED) is 0.603. The molecule has 0 aliphatic carbocycles. The number of methoxy groups -OCH3 is 1. The molecule has 1 rings (SSSR count). The summed E-state index contributed by atoms with van der Waals surface area (Å²) in [7, 11) is 1.68. The summed E-state index contributed by atoms with van der Waals surface area (Å²) < 4.78 is 4.96. The van der Waals surface area contributed by atoms with Crippen LogP contribution in [0.15, 0.2) is 0 Å². The fourth-order valence-corrected chi connectivity index (χ4v) is 2.34. The summed E-state index contributed by atoms with van der Waals surface area (Å²) in [5.41, 5.74) is 0. The van der Waals surface area contributed by atoms with Gasteiger partial charge < -0.3 is 15.4 Å². The highest BCUT2D eigenvalue weighted by Crippen LogP contribution is 2.09. The number of carbonyl (C=O) groups excluding carboxylic acids is 1. The van der Waals surface area contributed by atoms with Gasteiger partial charge >= 0.3 is 0 Å². The van der Waals surface area contributed by atoms with Crippen LogP contribution in [0, 0.1) is 0 Å². The van der Waals surface area contributed by atoms with Gasteiger partial charge in [0.1, 0.15) is 0 Å². The molecule has 1 aliphatic heterocycles. The van der Waals surface area contributed by atoms with Crippen molar-refractivity contribution in [3.05, 3.63) is 0 Å². The van der Waals surface area contributed by atoms with E-state index in [9.17, 15) is 4.79 Å². The van der Waals surface area contributed by atoms with Crippen molar-refractivity contribution in [1.82, 2.24) is 15.5 Å². The van der Waals surface area contributed by atoms with E-state index in [0.717, 1.165) is 19.5 Å². The zero-order chi connectivity index (χ0) is 14.1. The van der Waals surface area contributed by atoms with Gasteiger partial charge in [-0.3, -0.25) is 9.69 Å². The van der Waals surface area contributed by atoms with Crippen LogP contribution in [0.5, 0.6) is 0 Å². The number of hydrogen-bond donors (Lipinski definition) is 2. The predicted molar refractivity (Wildman–Crippen MR) is 77.2 cm³/mol. The molecule has 5 heteroatoms. The maximum absolute atomic E-state index is 11.9. The van der Waals surface area contributed by atoms with Crippen molar-refractivity contribution >= 4 is 5.91 Å². The number of nitrogens with zero attached hydrogens (tertiary/aromatic N) is 1. The molecule has 0 spiro atoms. The Balaban J connectivity index is 2.25. The first kappa shape index (κ1) is 16.4. The van der Waals surface area contributed by atoms with Crippen LogP contribution < -0.4 is 10.6 Å². The van der Waals surface area contributed by atoms with Crippen molar-refractivity contribution in [2.75, 3.05) is 39.9 Å². The van der Waals surface area contributed by atoms with Crippen LogP contribution in [0.1, 0.15) is 33.1 Å². The van der Waals surface area contributed by atoms with E-state index in [1.807, 2.05) is 0 Å². The highest BCUT2D eigenvalue weighted by Gasteiger charge is 2.21. The molecule has 0 aromatic rings. The smallest absolute Gasteiger partial charge is 0.234 e. The van der Waals surface area contributed by atoms with Crippen LogP contribution in [0.2, 0.25) is 0 Å². The molecule has 19 heavy (non-hydrogen) atoms. The molecule has 0 saturated carbocycles. The fraction of sp³-hybridized carbons (Fsp3) is 0.929. The maximum atomic E-state index is 11.9. The van der Waals surface area contributed by atoms with Crippen molar-refractivity contribution < 1.29 is 9.53 Å². The summed E-state index contributed by atoms with van der Waals surface area (Å²) in [5, 5.41) is 6.43. The Labute approximate surface area is 117 Å². The Bertz CT molecular complexity index is 253. The lowest BCUT2D eigenvalue weighted by Gasteiger charge is -2.28. The van der Waals surface area contributed by atoms with Crippen molar-refractivity contribution in [3.8, 4) is 0 Å². The second-order valence-corrected chi connectivity index (χ2v) is 5.51. The average molecular weight is 271 g/mol. The highest BCUT2D eigenvalue weighted by molar-refractivity contribution is 5.78. The molecular weight excluding hydrogens is 242 g/mol. The van der Waals surface area contributed by atoms with Crippen LogP contribution in [0.25, 0.3) is 0 Å². The van der Waals surface area contributed by atoms with Gasteiger partial charge in [-0.05, 0) is 39.7 Å². The normalized spacial score (nSPS) is 19.3. The third-order valence-electron chi connectivity index (χ3n) is 3.54. The minimum atomic E-state index is 0.114. The maximum Gasteiger partial charge on any atom is 0.234 e. The zero-order valence-corrected chi connectivity index (χ0v) is 12.6. The molecule has 0 bridgehead atoms. The summed E-state index contributed by atoms with van der Waals surface area (Å²) in [6, 6.07) is 0.941. The zero-order valence-electron chi connectivity index (χ0n) is 12.6. The number of nitrogens with one attached hydrogen (secondary N) is 2. The number of rotatable bonds is 9. The lowest BCUT2D eigenvalue weighted by atomic mass is 10.2. The van der Waals surface area contributed by atoms with Crippen LogP contribution >= 0.6 is 0 Å². The molecule has 2 N–H and O–H groups in total. The summed E-state index contributed by atoms with van der Waals surface area (Å²) in [6.45, 7) is 8.24. The summed E-state index contributed by atoms with van der Waals surface area (Å²) in [4.78, 5) is 14.1. The lowest BCUT2D eigenvalue weighted by Crippen LogP contribution is -2.46. The van der Waals surface area contributed by atoms with E-state index in [1.54, 1.807) is 7.11 Å². The van der Waals surface area contributed by atoms with Gasteiger partial charge in [-0.2, -0.15) is 0 Å². The third kappa shape index (κ3) is 6.89. The van der Waals surface area contributed by atoms with E-state index in [0.29, 0.717) is 31.8 Å². The van der Waals surface area contributed by atoms with E-state index in [1.165, 1.54) is 12.8 Å². The van der Waals surface area contributed by atoms with Crippen molar-refractivity contribution in [3.63, 3.8) is 0 Å².